The van der Waals surface area contributed by atoms with Crippen LogP contribution in [0.15, 0.2) is 18.2 Å². The molecule has 0 aliphatic rings. The molecule has 4 heteroatoms. The van der Waals surface area contributed by atoms with Crippen molar-refractivity contribution < 1.29 is 14.3 Å². The second-order valence-electron chi connectivity index (χ2n) is 3.20. The molecule has 0 saturated carbocycles. The highest BCUT2D eigenvalue weighted by atomic mass is 16.6. The summed E-state index contributed by atoms with van der Waals surface area (Å²) in [5, 5.41) is 0. The number of anilines is 1. The lowest BCUT2D eigenvalue weighted by molar-refractivity contribution is 0.0388. The third kappa shape index (κ3) is 3.25. The summed E-state index contributed by atoms with van der Waals surface area (Å²) in [5.74, 6) is -0.352. The van der Waals surface area contributed by atoms with Crippen LogP contribution in [0.2, 0.25) is 0 Å². The molecule has 4 nitrogen and oxygen atoms in total. The van der Waals surface area contributed by atoms with Crippen LogP contribution < -0.4 is 5.73 Å². The van der Waals surface area contributed by atoms with Crippen molar-refractivity contribution in [2.75, 3.05) is 26.1 Å². The van der Waals surface area contributed by atoms with E-state index in [9.17, 15) is 4.79 Å². The Labute approximate surface area is 89.0 Å². The van der Waals surface area contributed by atoms with Gasteiger partial charge in [-0.3, -0.25) is 0 Å². The molecular formula is C11H15NO3. The topological polar surface area (TPSA) is 61.5 Å². The molecule has 0 aromatic heterocycles. The maximum Gasteiger partial charge on any atom is 0.338 e. The van der Waals surface area contributed by atoms with Crippen LogP contribution >= 0.6 is 0 Å². The molecular weight excluding hydrogens is 194 g/mol. The van der Waals surface area contributed by atoms with Gasteiger partial charge in [0.25, 0.3) is 0 Å². The molecule has 15 heavy (non-hydrogen) atoms. The maximum absolute atomic E-state index is 11.5. The minimum Gasteiger partial charge on any atom is -0.460 e. The second kappa shape index (κ2) is 5.36. The van der Waals surface area contributed by atoms with E-state index < -0.39 is 0 Å². The van der Waals surface area contributed by atoms with Gasteiger partial charge in [-0.2, -0.15) is 0 Å². The summed E-state index contributed by atoms with van der Waals surface area (Å²) in [6.07, 6.45) is 0. The summed E-state index contributed by atoms with van der Waals surface area (Å²) in [7, 11) is 1.56. The van der Waals surface area contributed by atoms with E-state index in [0.717, 1.165) is 5.56 Å². The van der Waals surface area contributed by atoms with E-state index >= 15 is 0 Å². The summed E-state index contributed by atoms with van der Waals surface area (Å²) in [6.45, 7) is 2.51. The van der Waals surface area contributed by atoms with Crippen molar-refractivity contribution in [1.82, 2.24) is 0 Å². The number of carbonyl (C=O) groups is 1. The molecule has 0 saturated heterocycles. The minimum absolute atomic E-state index is 0.263. The van der Waals surface area contributed by atoms with Gasteiger partial charge in [-0.05, 0) is 30.7 Å². The molecule has 1 rings (SSSR count). The van der Waals surface area contributed by atoms with Crippen molar-refractivity contribution >= 4 is 11.7 Å². The summed E-state index contributed by atoms with van der Waals surface area (Å²) in [4.78, 5) is 11.5. The standard InChI is InChI=1S/C11H15NO3/c1-8-7-9(3-4-10(8)12)11(13)15-6-5-14-2/h3-4,7H,5-6,12H2,1-2H3. The molecule has 0 unspecified atom stereocenters. The Morgan fingerprint density at radius 3 is 2.73 bits per heavy atom. The summed E-state index contributed by atoms with van der Waals surface area (Å²) in [5.41, 5.74) is 7.69. The second-order valence-corrected chi connectivity index (χ2v) is 3.20. The van der Waals surface area contributed by atoms with Crippen LogP contribution in [0.1, 0.15) is 15.9 Å². The van der Waals surface area contributed by atoms with Gasteiger partial charge in [0.2, 0.25) is 0 Å². The molecule has 1 aromatic rings. The van der Waals surface area contributed by atoms with Crippen LogP contribution in [0.3, 0.4) is 0 Å². The van der Waals surface area contributed by atoms with E-state index in [2.05, 4.69) is 0 Å². The van der Waals surface area contributed by atoms with E-state index in [1.54, 1.807) is 25.3 Å². The van der Waals surface area contributed by atoms with Gasteiger partial charge in [-0.25, -0.2) is 4.79 Å². The highest BCUT2D eigenvalue weighted by Crippen LogP contribution is 2.13. The third-order valence-electron chi connectivity index (χ3n) is 2.03. The number of rotatable bonds is 4. The Bertz CT molecular complexity index is 350. The molecule has 82 valence electrons. The van der Waals surface area contributed by atoms with Gasteiger partial charge >= 0.3 is 5.97 Å². The van der Waals surface area contributed by atoms with Crippen LogP contribution in [-0.2, 0) is 9.47 Å². The van der Waals surface area contributed by atoms with Crippen LogP contribution in [-0.4, -0.2) is 26.3 Å². The number of hydrogen-bond acceptors (Lipinski definition) is 4. The molecule has 0 radical (unpaired) electrons. The minimum atomic E-state index is -0.352. The van der Waals surface area contributed by atoms with Crippen molar-refractivity contribution in [3.05, 3.63) is 29.3 Å². The molecule has 0 spiro atoms. The zero-order valence-corrected chi connectivity index (χ0v) is 8.95. The fourth-order valence-electron chi connectivity index (χ4n) is 1.10. The first-order valence-corrected chi connectivity index (χ1v) is 4.67. The zero-order valence-electron chi connectivity index (χ0n) is 8.95. The Balaban J connectivity index is 2.62. The fraction of sp³-hybridized carbons (Fsp3) is 0.364. The average molecular weight is 209 g/mol. The Morgan fingerprint density at radius 1 is 1.40 bits per heavy atom. The van der Waals surface area contributed by atoms with Crippen LogP contribution in [0.5, 0.6) is 0 Å². The van der Waals surface area contributed by atoms with E-state index in [4.69, 9.17) is 15.2 Å². The van der Waals surface area contributed by atoms with Crippen molar-refractivity contribution in [3.63, 3.8) is 0 Å². The van der Waals surface area contributed by atoms with E-state index in [1.165, 1.54) is 0 Å². The molecule has 0 aliphatic heterocycles. The first kappa shape index (κ1) is 11.5. The van der Waals surface area contributed by atoms with E-state index in [0.29, 0.717) is 17.9 Å². The number of hydrogen-bond donors (Lipinski definition) is 1. The monoisotopic (exact) mass is 209 g/mol. The molecule has 1 aromatic carbocycles. The highest BCUT2D eigenvalue weighted by Gasteiger charge is 2.07. The summed E-state index contributed by atoms with van der Waals surface area (Å²) < 4.78 is 9.73. The largest absolute Gasteiger partial charge is 0.460 e. The summed E-state index contributed by atoms with van der Waals surface area (Å²) >= 11 is 0. The predicted octanol–water partition coefficient (Wildman–Crippen LogP) is 1.38. The molecule has 0 atom stereocenters. The van der Waals surface area contributed by atoms with Crippen LogP contribution in [0.4, 0.5) is 5.69 Å². The number of methoxy groups -OCH3 is 1. The first-order chi connectivity index (χ1) is 7.15. The smallest absolute Gasteiger partial charge is 0.338 e. The number of ether oxygens (including phenoxy) is 2. The van der Waals surface area contributed by atoms with Crippen molar-refractivity contribution in [2.24, 2.45) is 0 Å². The van der Waals surface area contributed by atoms with Gasteiger partial charge in [0.15, 0.2) is 0 Å². The molecule has 0 aliphatic carbocycles. The lowest BCUT2D eigenvalue weighted by atomic mass is 10.1. The van der Waals surface area contributed by atoms with Crippen molar-refractivity contribution in [1.29, 1.82) is 0 Å². The number of aryl methyl sites for hydroxylation is 1. The van der Waals surface area contributed by atoms with Gasteiger partial charge in [-0.1, -0.05) is 0 Å². The van der Waals surface area contributed by atoms with Gasteiger partial charge in [0.05, 0.1) is 12.2 Å². The quantitative estimate of drug-likeness (QED) is 0.462. The van der Waals surface area contributed by atoms with Crippen LogP contribution in [0.25, 0.3) is 0 Å². The fourth-order valence-corrected chi connectivity index (χ4v) is 1.10. The molecule has 0 heterocycles. The Kier molecular flexibility index (Phi) is 4.12. The average Bonchev–Trinajstić information content (AvgIpc) is 2.22. The normalized spacial score (nSPS) is 10.0. The number of nitrogen functional groups attached to an aromatic ring is 1. The highest BCUT2D eigenvalue weighted by molar-refractivity contribution is 5.90. The van der Waals surface area contributed by atoms with Gasteiger partial charge in [0, 0.05) is 12.8 Å². The van der Waals surface area contributed by atoms with Crippen molar-refractivity contribution in [2.45, 2.75) is 6.92 Å². The zero-order chi connectivity index (χ0) is 11.3. The Hall–Kier alpha value is -1.55. The lowest BCUT2D eigenvalue weighted by Crippen LogP contribution is -2.10. The molecule has 0 amide bonds. The van der Waals surface area contributed by atoms with E-state index in [1.807, 2.05) is 6.92 Å². The predicted molar refractivity (Wildman–Crippen MR) is 57.7 cm³/mol. The van der Waals surface area contributed by atoms with Gasteiger partial charge < -0.3 is 15.2 Å². The molecule has 0 fully saturated rings. The number of benzene rings is 1. The molecule has 0 bridgehead atoms. The maximum atomic E-state index is 11.5. The van der Waals surface area contributed by atoms with Gasteiger partial charge in [0.1, 0.15) is 6.61 Å². The Morgan fingerprint density at radius 2 is 2.13 bits per heavy atom. The van der Waals surface area contributed by atoms with Crippen LogP contribution in [0, 0.1) is 6.92 Å². The van der Waals surface area contributed by atoms with E-state index in [-0.39, 0.29) is 12.6 Å². The molecule has 2 N–H and O–H groups in total. The lowest BCUT2D eigenvalue weighted by Gasteiger charge is -2.05. The van der Waals surface area contributed by atoms with Gasteiger partial charge in [-0.15, -0.1) is 0 Å². The van der Waals surface area contributed by atoms with Crippen molar-refractivity contribution in [3.8, 4) is 0 Å². The summed E-state index contributed by atoms with van der Waals surface area (Å²) in [6, 6.07) is 5.06. The third-order valence-corrected chi connectivity index (χ3v) is 2.03. The number of nitrogens with two attached hydrogens (primary N) is 1. The SMILES string of the molecule is COCCOC(=O)c1ccc(N)c(C)c1. The number of esters is 1. The first-order valence-electron chi connectivity index (χ1n) is 4.67. The number of carbonyl (C=O) groups excluding carboxylic acids is 1.